The van der Waals surface area contributed by atoms with Gasteiger partial charge < -0.3 is 15.2 Å². The number of nitrogens with one attached hydrogen (secondary N) is 1. The van der Waals surface area contributed by atoms with E-state index in [-0.39, 0.29) is 22.0 Å². The molecule has 1 aliphatic rings. The summed E-state index contributed by atoms with van der Waals surface area (Å²) in [5, 5.41) is 13.8. The Morgan fingerprint density at radius 1 is 1.25 bits per heavy atom. The quantitative estimate of drug-likeness (QED) is 0.447. The number of amides is 2. The zero-order valence-electron chi connectivity index (χ0n) is 18.3. The highest BCUT2D eigenvalue weighted by Gasteiger charge is 2.55. The standard InChI is InChI=1S/C22H32N2O3Si/c1-15-13-19(23-21(26)27)18-14-17(11-12-28(6,7)8)9-10-20(18)24(15,16(2)25)22(3,4)5/h9-10,14-15,19,23H,13H2,1-8H3/t15-,19+,24?/m0/s1. The lowest BCUT2D eigenvalue weighted by Gasteiger charge is -2.53. The van der Waals surface area contributed by atoms with E-state index in [2.05, 4.69) is 57.2 Å². The molecule has 2 rings (SSSR count). The van der Waals surface area contributed by atoms with Crippen LogP contribution in [0.1, 0.15) is 58.2 Å². The minimum Gasteiger partial charge on any atom is -0.530 e. The van der Waals surface area contributed by atoms with Gasteiger partial charge in [-0.3, -0.25) is 0 Å². The Balaban J connectivity index is 2.77. The summed E-state index contributed by atoms with van der Waals surface area (Å²) in [6.45, 7) is 16.3. The molecule has 152 valence electrons. The van der Waals surface area contributed by atoms with E-state index in [1.165, 1.54) is 0 Å². The number of carboxylic acid groups (broad SMARTS) is 1. The van der Waals surface area contributed by atoms with Crippen LogP contribution in [0, 0.1) is 11.5 Å². The Hall–Kier alpha value is -2.10. The number of hydrogen-bond donors (Lipinski definition) is 1. The number of benzene rings is 1. The Kier molecular flexibility index (Phi) is 5.85. The van der Waals surface area contributed by atoms with Crippen molar-refractivity contribution in [3.05, 3.63) is 29.3 Å². The maximum absolute atomic E-state index is 13.0. The summed E-state index contributed by atoms with van der Waals surface area (Å²) in [4.78, 5) is 24.3. The van der Waals surface area contributed by atoms with E-state index in [0.717, 1.165) is 16.8 Å². The Morgan fingerprint density at radius 2 is 1.86 bits per heavy atom. The number of quaternary nitrogens is 1. The maximum Gasteiger partial charge on any atom is 0.316 e. The average Bonchev–Trinajstić information content (AvgIpc) is 2.50. The first-order valence-electron chi connectivity index (χ1n) is 9.75. The largest absolute Gasteiger partial charge is 0.530 e. The molecule has 6 heteroatoms. The second-order valence-electron chi connectivity index (χ2n) is 9.76. The molecule has 5 nitrogen and oxygen atoms in total. The summed E-state index contributed by atoms with van der Waals surface area (Å²) in [5.41, 5.74) is 5.48. The van der Waals surface area contributed by atoms with Crippen molar-refractivity contribution in [2.45, 2.75) is 78.3 Å². The highest BCUT2D eigenvalue weighted by molar-refractivity contribution is 6.83. The number of hydrogen-bond acceptors (Lipinski definition) is 3. The molecule has 0 radical (unpaired) electrons. The van der Waals surface area contributed by atoms with Gasteiger partial charge in [0.2, 0.25) is 0 Å². The van der Waals surface area contributed by atoms with E-state index in [4.69, 9.17) is 0 Å². The van der Waals surface area contributed by atoms with Gasteiger partial charge in [-0.25, -0.2) is 9.28 Å². The molecule has 0 aliphatic carbocycles. The normalized spacial score (nSPS) is 24.6. The lowest BCUT2D eigenvalue weighted by atomic mass is 9.83. The Labute approximate surface area is 169 Å². The van der Waals surface area contributed by atoms with Gasteiger partial charge in [-0.2, -0.15) is 0 Å². The topological polar surface area (TPSA) is 69.2 Å². The molecule has 1 aromatic carbocycles. The van der Waals surface area contributed by atoms with E-state index < -0.39 is 20.2 Å². The van der Waals surface area contributed by atoms with Gasteiger partial charge in [0.1, 0.15) is 31.4 Å². The lowest BCUT2D eigenvalue weighted by molar-refractivity contribution is -0.252. The van der Waals surface area contributed by atoms with Crippen LogP contribution >= 0.6 is 0 Å². The minimum atomic E-state index is -1.54. The van der Waals surface area contributed by atoms with Crippen LogP contribution in [0.3, 0.4) is 0 Å². The third kappa shape index (κ3) is 4.01. The third-order valence-electron chi connectivity index (χ3n) is 5.45. The first-order chi connectivity index (χ1) is 12.7. The van der Waals surface area contributed by atoms with Crippen LogP contribution in [-0.2, 0) is 4.79 Å². The van der Waals surface area contributed by atoms with Crippen molar-refractivity contribution in [2.75, 3.05) is 0 Å². The first-order valence-corrected chi connectivity index (χ1v) is 13.3. The number of rotatable bonds is 1. The van der Waals surface area contributed by atoms with Crippen molar-refractivity contribution in [2.24, 2.45) is 0 Å². The van der Waals surface area contributed by atoms with Gasteiger partial charge in [-0.1, -0.05) is 25.6 Å². The Morgan fingerprint density at radius 3 is 2.32 bits per heavy atom. The van der Waals surface area contributed by atoms with Gasteiger partial charge >= 0.3 is 5.91 Å². The predicted octanol–water partition coefficient (Wildman–Crippen LogP) is 3.33. The third-order valence-corrected chi connectivity index (χ3v) is 6.32. The smallest absolute Gasteiger partial charge is 0.316 e. The summed E-state index contributed by atoms with van der Waals surface area (Å²) in [6, 6.07) is 5.34. The van der Waals surface area contributed by atoms with Crippen molar-refractivity contribution >= 4 is 25.8 Å². The molecule has 1 aliphatic heterocycles. The second-order valence-corrected chi connectivity index (χ2v) is 14.5. The number of fused-ring (bicyclic) bond motifs is 1. The molecule has 1 heterocycles. The molecule has 0 spiro atoms. The summed E-state index contributed by atoms with van der Waals surface area (Å²) in [6.07, 6.45) is -0.789. The predicted molar refractivity (Wildman–Crippen MR) is 114 cm³/mol. The lowest BCUT2D eigenvalue weighted by Crippen LogP contribution is -2.71. The second kappa shape index (κ2) is 7.38. The van der Waals surface area contributed by atoms with Crippen LogP contribution < -0.4 is 14.9 Å². The molecule has 1 unspecified atom stereocenters. The molecule has 0 saturated heterocycles. The number of carbonyl (C=O) groups is 2. The van der Waals surface area contributed by atoms with E-state index in [0.29, 0.717) is 6.42 Å². The fourth-order valence-corrected chi connectivity index (χ4v) is 5.13. The minimum absolute atomic E-state index is 0.0501. The zero-order chi connectivity index (χ0) is 21.5. The van der Waals surface area contributed by atoms with Crippen LogP contribution in [0.2, 0.25) is 19.6 Å². The van der Waals surface area contributed by atoms with Gasteiger partial charge in [0.25, 0.3) is 0 Å². The van der Waals surface area contributed by atoms with Crippen molar-refractivity contribution in [3.8, 4) is 11.5 Å². The Bertz CT molecular complexity index is 855. The van der Waals surface area contributed by atoms with E-state index >= 15 is 0 Å². The molecule has 0 bridgehead atoms. The van der Waals surface area contributed by atoms with Crippen LogP contribution in [-0.4, -0.2) is 31.7 Å². The van der Waals surface area contributed by atoms with Gasteiger partial charge in [0.15, 0.2) is 0 Å². The zero-order valence-corrected chi connectivity index (χ0v) is 19.3. The van der Waals surface area contributed by atoms with Crippen molar-refractivity contribution in [3.63, 3.8) is 0 Å². The van der Waals surface area contributed by atoms with E-state index in [1.54, 1.807) is 6.92 Å². The molecule has 0 aromatic heterocycles. The number of carbonyl (C=O) groups excluding carboxylic acids is 2. The van der Waals surface area contributed by atoms with E-state index in [9.17, 15) is 14.7 Å². The van der Waals surface area contributed by atoms with Gasteiger partial charge in [-0.15, -0.1) is 5.54 Å². The maximum atomic E-state index is 13.0. The summed E-state index contributed by atoms with van der Waals surface area (Å²) < 4.78 is 0.176. The molecular formula is C22H32N2O3Si. The van der Waals surface area contributed by atoms with Crippen molar-refractivity contribution in [1.29, 1.82) is 0 Å². The molecule has 3 atom stereocenters. The van der Waals surface area contributed by atoms with E-state index in [1.807, 2.05) is 25.1 Å². The average molecular weight is 401 g/mol. The molecule has 1 N–H and O–H groups in total. The summed E-state index contributed by atoms with van der Waals surface area (Å²) in [5.74, 6) is 3.29. The van der Waals surface area contributed by atoms with Crippen molar-refractivity contribution < 1.29 is 14.7 Å². The molecule has 0 saturated carbocycles. The highest BCUT2D eigenvalue weighted by Crippen LogP contribution is 2.47. The van der Waals surface area contributed by atoms with Gasteiger partial charge in [0, 0.05) is 23.6 Å². The van der Waals surface area contributed by atoms with Gasteiger partial charge in [0.05, 0.1) is 13.0 Å². The molecular weight excluding hydrogens is 368 g/mol. The first kappa shape index (κ1) is 22.2. The monoisotopic (exact) mass is 400 g/mol. The SMILES string of the molecule is CC(=O)[N+]1(C(C)(C)C)c2ccc(C#C[Si](C)(C)C)cc2[C@H](NC(=O)[O-])C[C@@H]1C. The van der Waals surface area contributed by atoms with Crippen LogP contribution in [0.15, 0.2) is 18.2 Å². The van der Waals surface area contributed by atoms with Crippen LogP contribution in [0.25, 0.3) is 0 Å². The fraction of sp³-hybridized carbons (Fsp3) is 0.545. The number of nitrogens with zero attached hydrogens (tertiary/aromatic N) is 1. The summed E-state index contributed by atoms with van der Waals surface area (Å²) >= 11 is 0. The fourth-order valence-electron chi connectivity index (χ4n) is 4.61. The summed E-state index contributed by atoms with van der Waals surface area (Å²) in [7, 11) is -1.54. The van der Waals surface area contributed by atoms with Crippen LogP contribution in [0.4, 0.5) is 10.5 Å². The molecule has 2 amide bonds. The van der Waals surface area contributed by atoms with Crippen LogP contribution in [0.5, 0.6) is 0 Å². The van der Waals surface area contributed by atoms with Crippen molar-refractivity contribution in [1.82, 2.24) is 9.80 Å². The highest BCUT2D eigenvalue weighted by atomic mass is 28.3. The molecule has 28 heavy (non-hydrogen) atoms. The molecule has 1 aromatic rings. The molecule has 0 fully saturated rings. The van der Waals surface area contributed by atoms with Gasteiger partial charge in [-0.05, 0) is 39.8 Å².